The van der Waals surface area contributed by atoms with E-state index >= 15 is 0 Å². The first-order chi connectivity index (χ1) is 11.5. The van der Waals surface area contributed by atoms with Crippen molar-refractivity contribution in [2.24, 2.45) is 5.73 Å². The van der Waals surface area contributed by atoms with Crippen molar-refractivity contribution < 1.29 is 14.0 Å². The standard InChI is InChI=1S/C16H25FN4O2S/c1-21(14-7-4-3-6-12(14)17)10-5-9-19-15(22)13(8-11-24-2)20-16(18)23/h3-4,6-7,13H,5,8-11H2,1-2H3,(H,19,22)(H3,18,20,23)/t13-/m0/s1. The molecule has 0 bridgehead atoms. The van der Waals surface area contributed by atoms with E-state index in [-0.39, 0.29) is 11.7 Å². The van der Waals surface area contributed by atoms with Crippen LogP contribution in [0.4, 0.5) is 14.9 Å². The van der Waals surface area contributed by atoms with E-state index in [4.69, 9.17) is 5.73 Å². The Morgan fingerprint density at radius 3 is 2.71 bits per heavy atom. The molecule has 4 N–H and O–H groups in total. The number of para-hydroxylation sites is 1. The third-order valence-corrected chi connectivity index (χ3v) is 4.12. The van der Waals surface area contributed by atoms with E-state index in [1.807, 2.05) is 6.26 Å². The molecule has 0 saturated carbocycles. The normalized spacial score (nSPS) is 11.6. The van der Waals surface area contributed by atoms with Crippen molar-refractivity contribution in [3.8, 4) is 0 Å². The van der Waals surface area contributed by atoms with Gasteiger partial charge in [-0.15, -0.1) is 0 Å². The summed E-state index contributed by atoms with van der Waals surface area (Å²) in [6, 6.07) is 5.22. The number of nitrogens with one attached hydrogen (secondary N) is 2. The second-order valence-corrected chi connectivity index (χ2v) is 6.35. The first kappa shape index (κ1) is 20.1. The van der Waals surface area contributed by atoms with E-state index < -0.39 is 12.1 Å². The Hall–Kier alpha value is -1.96. The lowest BCUT2D eigenvalue weighted by Gasteiger charge is -2.21. The number of rotatable bonds is 10. The largest absolute Gasteiger partial charge is 0.372 e. The minimum Gasteiger partial charge on any atom is -0.372 e. The van der Waals surface area contributed by atoms with Gasteiger partial charge in [-0.05, 0) is 37.0 Å². The SMILES string of the molecule is CSCC[C@H](NC(N)=O)C(=O)NCCCN(C)c1ccccc1F. The number of hydrogen-bond acceptors (Lipinski definition) is 4. The number of nitrogens with two attached hydrogens (primary N) is 1. The Morgan fingerprint density at radius 2 is 2.08 bits per heavy atom. The van der Waals surface area contributed by atoms with E-state index in [1.54, 1.807) is 41.9 Å². The molecule has 0 spiro atoms. The number of hydrogen-bond donors (Lipinski definition) is 3. The van der Waals surface area contributed by atoms with Crippen LogP contribution < -0.4 is 21.3 Å². The number of carbonyl (C=O) groups excluding carboxylic acids is 2. The molecule has 0 fully saturated rings. The summed E-state index contributed by atoms with van der Waals surface area (Å²) in [5, 5.41) is 5.23. The predicted molar refractivity (Wildman–Crippen MR) is 96.8 cm³/mol. The van der Waals surface area contributed by atoms with Crippen LogP contribution in [0.15, 0.2) is 24.3 Å². The van der Waals surface area contributed by atoms with E-state index in [2.05, 4.69) is 10.6 Å². The maximum Gasteiger partial charge on any atom is 0.312 e. The molecule has 0 saturated heterocycles. The van der Waals surface area contributed by atoms with Crippen LogP contribution >= 0.6 is 11.8 Å². The zero-order chi connectivity index (χ0) is 17.9. The fraction of sp³-hybridized carbons (Fsp3) is 0.500. The number of carbonyl (C=O) groups is 2. The van der Waals surface area contributed by atoms with Crippen LogP contribution in [0.1, 0.15) is 12.8 Å². The zero-order valence-corrected chi connectivity index (χ0v) is 14.9. The highest BCUT2D eigenvalue weighted by Gasteiger charge is 2.18. The number of amides is 3. The average molecular weight is 356 g/mol. The lowest BCUT2D eigenvalue weighted by molar-refractivity contribution is -0.122. The number of urea groups is 1. The summed E-state index contributed by atoms with van der Waals surface area (Å²) >= 11 is 1.59. The molecule has 6 nitrogen and oxygen atoms in total. The highest BCUT2D eigenvalue weighted by molar-refractivity contribution is 7.98. The van der Waals surface area contributed by atoms with Crippen LogP contribution in [0.5, 0.6) is 0 Å². The third kappa shape index (κ3) is 7.08. The minimum atomic E-state index is -0.712. The second-order valence-electron chi connectivity index (χ2n) is 5.36. The van der Waals surface area contributed by atoms with Gasteiger partial charge in [-0.2, -0.15) is 11.8 Å². The first-order valence-electron chi connectivity index (χ1n) is 7.74. The van der Waals surface area contributed by atoms with Gasteiger partial charge in [0.05, 0.1) is 5.69 Å². The Labute approximate surface area is 146 Å². The molecule has 0 radical (unpaired) electrons. The van der Waals surface area contributed by atoms with Gasteiger partial charge in [0.1, 0.15) is 11.9 Å². The lowest BCUT2D eigenvalue weighted by atomic mass is 10.2. The number of thioether (sulfide) groups is 1. The minimum absolute atomic E-state index is 0.253. The molecule has 0 aromatic heterocycles. The highest BCUT2D eigenvalue weighted by atomic mass is 32.2. The van der Waals surface area contributed by atoms with E-state index in [1.165, 1.54) is 6.07 Å². The second kappa shape index (κ2) is 10.7. The Balaban J connectivity index is 2.38. The Kier molecular flexibility index (Phi) is 8.99. The molecule has 8 heteroatoms. The van der Waals surface area contributed by atoms with Gasteiger partial charge in [0, 0.05) is 20.1 Å². The van der Waals surface area contributed by atoms with Crippen LogP contribution in [0.3, 0.4) is 0 Å². The molecule has 134 valence electrons. The summed E-state index contributed by atoms with van der Waals surface area (Å²) in [4.78, 5) is 24.9. The highest BCUT2D eigenvalue weighted by Crippen LogP contribution is 2.16. The summed E-state index contributed by atoms with van der Waals surface area (Å²) in [5.74, 6) is 0.220. The maximum atomic E-state index is 13.7. The van der Waals surface area contributed by atoms with Crippen molar-refractivity contribution in [3.05, 3.63) is 30.1 Å². The average Bonchev–Trinajstić information content (AvgIpc) is 2.55. The first-order valence-corrected chi connectivity index (χ1v) is 9.13. The molecule has 3 amide bonds. The number of halogens is 1. The van der Waals surface area contributed by atoms with E-state index in [0.717, 1.165) is 5.75 Å². The van der Waals surface area contributed by atoms with Crippen LogP contribution in [-0.4, -0.2) is 50.1 Å². The fourth-order valence-corrected chi connectivity index (χ4v) is 2.68. The monoisotopic (exact) mass is 356 g/mol. The van der Waals surface area contributed by atoms with Crippen molar-refractivity contribution in [3.63, 3.8) is 0 Å². The quantitative estimate of drug-likeness (QED) is 0.555. The Bertz CT molecular complexity index is 545. The summed E-state index contributed by atoms with van der Waals surface area (Å²) in [7, 11) is 1.80. The molecule has 0 unspecified atom stereocenters. The third-order valence-electron chi connectivity index (χ3n) is 3.48. The number of anilines is 1. The van der Waals surface area contributed by atoms with Gasteiger partial charge in [-0.25, -0.2) is 9.18 Å². The molecule has 1 aromatic carbocycles. The van der Waals surface area contributed by atoms with E-state index in [0.29, 0.717) is 31.6 Å². The van der Waals surface area contributed by atoms with Crippen LogP contribution in [-0.2, 0) is 4.79 Å². The van der Waals surface area contributed by atoms with Gasteiger partial charge in [-0.1, -0.05) is 12.1 Å². The van der Waals surface area contributed by atoms with Crippen molar-refractivity contribution in [2.45, 2.75) is 18.9 Å². The molecule has 0 heterocycles. The summed E-state index contributed by atoms with van der Waals surface area (Å²) in [5.41, 5.74) is 5.62. The maximum absolute atomic E-state index is 13.7. The summed E-state index contributed by atoms with van der Waals surface area (Å²) in [6.07, 6.45) is 3.10. The predicted octanol–water partition coefficient (Wildman–Crippen LogP) is 1.56. The molecule has 0 aliphatic heterocycles. The van der Waals surface area contributed by atoms with Gasteiger partial charge in [0.15, 0.2) is 0 Å². The Morgan fingerprint density at radius 1 is 1.38 bits per heavy atom. The van der Waals surface area contributed by atoms with Gasteiger partial charge in [0.2, 0.25) is 5.91 Å². The van der Waals surface area contributed by atoms with Gasteiger partial charge in [0.25, 0.3) is 0 Å². The number of nitrogens with zero attached hydrogens (tertiary/aromatic N) is 1. The summed E-state index contributed by atoms with van der Waals surface area (Å²) in [6.45, 7) is 1.04. The topological polar surface area (TPSA) is 87.5 Å². The molecule has 1 aromatic rings. The van der Waals surface area contributed by atoms with Gasteiger partial charge < -0.3 is 21.3 Å². The number of primary amides is 1. The van der Waals surface area contributed by atoms with Crippen molar-refractivity contribution in [1.29, 1.82) is 0 Å². The fourth-order valence-electron chi connectivity index (χ4n) is 2.21. The molecular formula is C16H25FN4O2S. The zero-order valence-electron chi connectivity index (χ0n) is 14.0. The molecule has 24 heavy (non-hydrogen) atoms. The molecule has 1 atom stereocenters. The molecular weight excluding hydrogens is 331 g/mol. The van der Waals surface area contributed by atoms with Crippen molar-refractivity contribution >= 4 is 29.4 Å². The van der Waals surface area contributed by atoms with E-state index in [9.17, 15) is 14.0 Å². The van der Waals surface area contributed by atoms with Crippen molar-refractivity contribution in [1.82, 2.24) is 10.6 Å². The summed E-state index contributed by atoms with van der Waals surface area (Å²) < 4.78 is 13.7. The van der Waals surface area contributed by atoms with Crippen LogP contribution in [0, 0.1) is 5.82 Å². The molecule has 1 rings (SSSR count). The smallest absolute Gasteiger partial charge is 0.312 e. The molecule has 0 aliphatic carbocycles. The van der Waals surface area contributed by atoms with Gasteiger partial charge in [-0.3, -0.25) is 4.79 Å². The van der Waals surface area contributed by atoms with Crippen LogP contribution in [0.25, 0.3) is 0 Å². The van der Waals surface area contributed by atoms with Gasteiger partial charge >= 0.3 is 6.03 Å². The lowest BCUT2D eigenvalue weighted by Crippen LogP contribution is -2.49. The van der Waals surface area contributed by atoms with Crippen molar-refractivity contribution in [2.75, 3.05) is 37.0 Å². The number of benzene rings is 1. The molecule has 0 aliphatic rings. The van der Waals surface area contributed by atoms with Crippen LogP contribution in [0.2, 0.25) is 0 Å².